The fourth-order valence-corrected chi connectivity index (χ4v) is 1.71. The van der Waals surface area contributed by atoms with Gasteiger partial charge in [-0.1, -0.05) is 27.2 Å². The van der Waals surface area contributed by atoms with E-state index in [1.165, 1.54) is 51.7 Å². The van der Waals surface area contributed by atoms with E-state index in [2.05, 4.69) is 25.7 Å². The Kier molecular flexibility index (Phi) is 11.9. The number of hydrogen-bond acceptors (Lipinski definition) is 2. The van der Waals surface area contributed by atoms with Gasteiger partial charge in [-0.2, -0.15) is 0 Å². The fourth-order valence-electron chi connectivity index (χ4n) is 1.71. The van der Waals surface area contributed by atoms with Crippen LogP contribution in [0.1, 0.15) is 52.9 Å². The molecule has 2 heteroatoms. The maximum Gasteiger partial charge on any atom is 0.0478 e. The molecule has 0 unspecified atom stereocenters. The topological polar surface area (TPSA) is 12.5 Å². The molecule has 0 saturated heterocycles. The standard InChI is InChI=1S/C13H29NO/c1-4-7-12-15-13-8-11-14(9-5-2)10-6-3/h4-13H2,1-3H3. The van der Waals surface area contributed by atoms with E-state index in [4.69, 9.17) is 4.74 Å². The highest BCUT2D eigenvalue weighted by molar-refractivity contribution is 4.55. The van der Waals surface area contributed by atoms with Gasteiger partial charge in [0.1, 0.15) is 0 Å². The summed E-state index contributed by atoms with van der Waals surface area (Å²) >= 11 is 0. The maximum atomic E-state index is 5.55. The van der Waals surface area contributed by atoms with Crippen LogP contribution in [0.3, 0.4) is 0 Å². The second-order valence-electron chi connectivity index (χ2n) is 4.16. The van der Waals surface area contributed by atoms with Crippen molar-refractivity contribution >= 4 is 0 Å². The maximum absolute atomic E-state index is 5.55. The average molecular weight is 215 g/mol. The van der Waals surface area contributed by atoms with E-state index in [0.29, 0.717) is 0 Å². The first-order valence-corrected chi connectivity index (χ1v) is 6.65. The van der Waals surface area contributed by atoms with Crippen molar-refractivity contribution in [2.24, 2.45) is 0 Å². The Hall–Kier alpha value is -0.0800. The monoisotopic (exact) mass is 215 g/mol. The van der Waals surface area contributed by atoms with Gasteiger partial charge < -0.3 is 9.64 Å². The first kappa shape index (κ1) is 14.9. The normalized spacial score (nSPS) is 11.2. The summed E-state index contributed by atoms with van der Waals surface area (Å²) in [5.41, 5.74) is 0. The van der Waals surface area contributed by atoms with E-state index in [-0.39, 0.29) is 0 Å². The molecule has 0 aliphatic carbocycles. The summed E-state index contributed by atoms with van der Waals surface area (Å²) in [4.78, 5) is 2.54. The quantitative estimate of drug-likeness (QED) is 0.490. The van der Waals surface area contributed by atoms with Crippen molar-refractivity contribution in [3.63, 3.8) is 0 Å². The number of ether oxygens (including phenoxy) is 1. The van der Waals surface area contributed by atoms with Gasteiger partial charge in [-0.3, -0.25) is 0 Å². The van der Waals surface area contributed by atoms with Crippen LogP contribution >= 0.6 is 0 Å². The lowest BCUT2D eigenvalue weighted by Crippen LogP contribution is -2.27. The molecule has 0 saturated carbocycles. The van der Waals surface area contributed by atoms with Crippen molar-refractivity contribution in [3.05, 3.63) is 0 Å². The van der Waals surface area contributed by atoms with Crippen molar-refractivity contribution in [2.75, 3.05) is 32.8 Å². The molecule has 0 aromatic carbocycles. The van der Waals surface area contributed by atoms with Crippen molar-refractivity contribution < 1.29 is 4.74 Å². The lowest BCUT2D eigenvalue weighted by Gasteiger charge is -2.20. The molecule has 2 nitrogen and oxygen atoms in total. The van der Waals surface area contributed by atoms with E-state index >= 15 is 0 Å². The smallest absolute Gasteiger partial charge is 0.0478 e. The predicted molar refractivity (Wildman–Crippen MR) is 67.4 cm³/mol. The molecule has 0 rings (SSSR count). The van der Waals surface area contributed by atoms with Crippen LogP contribution in [0.4, 0.5) is 0 Å². The molecule has 0 aliphatic rings. The minimum absolute atomic E-state index is 0.934. The molecular formula is C13H29NO. The second kappa shape index (κ2) is 12.0. The molecule has 0 aromatic heterocycles. The number of unbranched alkanes of at least 4 members (excludes halogenated alkanes) is 1. The van der Waals surface area contributed by atoms with Gasteiger partial charge in [-0.15, -0.1) is 0 Å². The first-order valence-electron chi connectivity index (χ1n) is 6.65. The molecule has 92 valence electrons. The molecule has 0 heterocycles. The third kappa shape index (κ3) is 10.2. The largest absolute Gasteiger partial charge is 0.381 e. The summed E-state index contributed by atoms with van der Waals surface area (Å²) in [6.45, 7) is 12.3. The van der Waals surface area contributed by atoms with Crippen molar-refractivity contribution in [2.45, 2.75) is 52.9 Å². The van der Waals surface area contributed by atoms with Crippen molar-refractivity contribution in [1.82, 2.24) is 4.90 Å². The average Bonchev–Trinajstić information content (AvgIpc) is 2.24. The van der Waals surface area contributed by atoms with Gasteiger partial charge in [0.15, 0.2) is 0 Å². The van der Waals surface area contributed by atoms with Crippen LogP contribution in [0, 0.1) is 0 Å². The number of nitrogens with zero attached hydrogens (tertiary/aromatic N) is 1. The number of rotatable bonds is 11. The third-order valence-electron chi connectivity index (χ3n) is 2.48. The Morgan fingerprint density at radius 3 is 1.87 bits per heavy atom. The van der Waals surface area contributed by atoms with Gasteiger partial charge >= 0.3 is 0 Å². The molecule has 0 bridgehead atoms. The molecule has 0 amide bonds. The van der Waals surface area contributed by atoms with Gasteiger partial charge in [0.25, 0.3) is 0 Å². The Morgan fingerprint density at radius 1 is 0.733 bits per heavy atom. The Bertz CT molecular complexity index is 111. The van der Waals surface area contributed by atoms with Gasteiger partial charge in [0.2, 0.25) is 0 Å². The molecule has 0 atom stereocenters. The number of hydrogen-bond donors (Lipinski definition) is 0. The van der Waals surface area contributed by atoms with Crippen molar-refractivity contribution in [1.29, 1.82) is 0 Å². The van der Waals surface area contributed by atoms with Crippen LogP contribution in [0.2, 0.25) is 0 Å². The summed E-state index contributed by atoms with van der Waals surface area (Å²) in [7, 11) is 0. The molecule has 0 fully saturated rings. The summed E-state index contributed by atoms with van der Waals surface area (Å²) in [5, 5.41) is 0. The van der Waals surface area contributed by atoms with Crippen molar-refractivity contribution in [3.8, 4) is 0 Å². The summed E-state index contributed by atoms with van der Waals surface area (Å²) in [6.07, 6.45) is 6.14. The van der Waals surface area contributed by atoms with Gasteiger partial charge in [-0.05, 0) is 38.8 Å². The summed E-state index contributed by atoms with van der Waals surface area (Å²) in [6, 6.07) is 0. The van der Waals surface area contributed by atoms with Crippen LogP contribution in [0.5, 0.6) is 0 Å². The van der Waals surface area contributed by atoms with E-state index in [1.54, 1.807) is 0 Å². The van der Waals surface area contributed by atoms with Crippen LogP contribution in [0.25, 0.3) is 0 Å². The lowest BCUT2D eigenvalue weighted by molar-refractivity contribution is 0.118. The van der Waals surface area contributed by atoms with Gasteiger partial charge in [-0.25, -0.2) is 0 Å². The third-order valence-corrected chi connectivity index (χ3v) is 2.48. The molecule has 15 heavy (non-hydrogen) atoms. The first-order chi connectivity index (χ1) is 7.35. The lowest BCUT2D eigenvalue weighted by atomic mass is 10.3. The zero-order chi connectivity index (χ0) is 11.4. The molecule has 0 aromatic rings. The molecule has 0 spiro atoms. The second-order valence-corrected chi connectivity index (χ2v) is 4.16. The van der Waals surface area contributed by atoms with Crippen LogP contribution < -0.4 is 0 Å². The molecule has 0 aliphatic heterocycles. The van der Waals surface area contributed by atoms with Crippen LogP contribution in [-0.4, -0.2) is 37.7 Å². The zero-order valence-corrected chi connectivity index (χ0v) is 10.9. The van der Waals surface area contributed by atoms with Gasteiger partial charge in [0.05, 0.1) is 0 Å². The molecular weight excluding hydrogens is 186 g/mol. The van der Waals surface area contributed by atoms with E-state index in [1.807, 2.05) is 0 Å². The molecule has 0 N–H and O–H groups in total. The predicted octanol–water partition coefficient (Wildman–Crippen LogP) is 3.32. The Balaban J connectivity index is 3.28. The fraction of sp³-hybridized carbons (Fsp3) is 1.00. The summed E-state index contributed by atoms with van der Waals surface area (Å²) < 4.78 is 5.55. The Labute approximate surface area is 96.0 Å². The zero-order valence-electron chi connectivity index (χ0n) is 10.9. The minimum Gasteiger partial charge on any atom is -0.381 e. The van der Waals surface area contributed by atoms with E-state index < -0.39 is 0 Å². The van der Waals surface area contributed by atoms with E-state index in [9.17, 15) is 0 Å². The van der Waals surface area contributed by atoms with Gasteiger partial charge in [0, 0.05) is 19.8 Å². The molecule has 0 radical (unpaired) electrons. The SMILES string of the molecule is CCCCOCCCN(CCC)CCC. The van der Waals surface area contributed by atoms with E-state index in [0.717, 1.165) is 13.2 Å². The summed E-state index contributed by atoms with van der Waals surface area (Å²) in [5.74, 6) is 0. The highest BCUT2D eigenvalue weighted by atomic mass is 16.5. The minimum atomic E-state index is 0.934. The van der Waals surface area contributed by atoms with Crippen LogP contribution in [0.15, 0.2) is 0 Å². The van der Waals surface area contributed by atoms with Crippen LogP contribution in [-0.2, 0) is 4.74 Å². The highest BCUT2D eigenvalue weighted by Gasteiger charge is 2.01. The highest BCUT2D eigenvalue weighted by Crippen LogP contribution is 1.97. The Morgan fingerprint density at radius 2 is 1.33 bits per heavy atom.